The van der Waals surface area contributed by atoms with Crippen molar-refractivity contribution in [2.24, 2.45) is 18.0 Å². The van der Waals surface area contributed by atoms with Crippen LogP contribution in [0.2, 0.25) is 0 Å². The van der Waals surface area contributed by atoms with Gasteiger partial charge < -0.3 is 9.30 Å². The van der Waals surface area contributed by atoms with E-state index in [1.165, 1.54) is 34.9 Å². The SMILES string of the molecule is COc1ccc(S(=O)(=O)N2CCCC(C(=O)N=c3sc4cc(Br)ccc4n3C)C2)cc1. The summed E-state index contributed by atoms with van der Waals surface area (Å²) in [5.74, 6) is -0.151. The maximum atomic E-state index is 13.1. The van der Waals surface area contributed by atoms with Crippen LogP contribution in [0.5, 0.6) is 5.75 Å². The Morgan fingerprint density at radius 2 is 1.97 bits per heavy atom. The van der Waals surface area contributed by atoms with Crippen LogP contribution in [0.15, 0.2) is 56.8 Å². The molecule has 1 aliphatic heterocycles. The Morgan fingerprint density at radius 3 is 2.68 bits per heavy atom. The molecule has 3 aromatic rings. The number of methoxy groups -OCH3 is 1. The molecule has 1 aliphatic rings. The summed E-state index contributed by atoms with van der Waals surface area (Å²) in [7, 11) is -0.277. The second-order valence-electron chi connectivity index (χ2n) is 7.38. The number of fused-ring (bicyclic) bond motifs is 1. The maximum absolute atomic E-state index is 13.1. The predicted molar refractivity (Wildman–Crippen MR) is 124 cm³/mol. The number of aromatic nitrogens is 1. The largest absolute Gasteiger partial charge is 0.497 e. The first kappa shape index (κ1) is 22.2. The van der Waals surface area contributed by atoms with Gasteiger partial charge in [0.1, 0.15) is 5.75 Å². The van der Waals surface area contributed by atoms with E-state index in [4.69, 9.17) is 4.74 Å². The lowest BCUT2D eigenvalue weighted by atomic mass is 9.99. The summed E-state index contributed by atoms with van der Waals surface area (Å²) in [6.45, 7) is 0.527. The number of carbonyl (C=O) groups is 1. The minimum atomic E-state index is -3.68. The monoisotopic (exact) mass is 523 g/mol. The zero-order valence-corrected chi connectivity index (χ0v) is 20.3. The lowest BCUT2D eigenvalue weighted by molar-refractivity contribution is -0.122. The molecule has 1 saturated heterocycles. The molecule has 0 bridgehead atoms. The Kier molecular flexibility index (Phi) is 6.34. The van der Waals surface area contributed by atoms with Crippen molar-refractivity contribution in [2.45, 2.75) is 17.7 Å². The molecule has 0 radical (unpaired) electrons. The van der Waals surface area contributed by atoms with Crippen LogP contribution in [0, 0.1) is 5.92 Å². The van der Waals surface area contributed by atoms with Crippen LogP contribution in [-0.4, -0.2) is 43.4 Å². The number of aryl methyl sites for hydroxylation is 1. The van der Waals surface area contributed by atoms with Gasteiger partial charge in [-0.1, -0.05) is 27.3 Å². The number of amides is 1. The fraction of sp³-hybridized carbons (Fsp3) is 0.333. The van der Waals surface area contributed by atoms with E-state index in [0.717, 1.165) is 14.7 Å². The lowest BCUT2D eigenvalue weighted by Gasteiger charge is -2.30. The molecular formula is C21H22BrN3O4S2. The quantitative estimate of drug-likeness (QED) is 0.523. The number of piperidine rings is 1. The Labute approximate surface area is 193 Å². The van der Waals surface area contributed by atoms with E-state index in [-0.39, 0.29) is 17.3 Å². The van der Waals surface area contributed by atoms with Crippen LogP contribution in [0.1, 0.15) is 12.8 Å². The first-order chi connectivity index (χ1) is 14.8. The third-order valence-corrected chi connectivity index (χ3v) is 8.88. The molecule has 7 nitrogen and oxygen atoms in total. The van der Waals surface area contributed by atoms with E-state index < -0.39 is 15.9 Å². The van der Waals surface area contributed by atoms with Gasteiger partial charge in [-0.2, -0.15) is 9.30 Å². The van der Waals surface area contributed by atoms with E-state index in [0.29, 0.717) is 29.9 Å². The number of hydrogen-bond donors (Lipinski definition) is 0. The summed E-state index contributed by atoms with van der Waals surface area (Å²) >= 11 is 4.90. The summed E-state index contributed by atoms with van der Waals surface area (Å²) < 4.78 is 36.5. The summed E-state index contributed by atoms with van der Waals surface area (Å²) in [4.78, 5) is 18.1. The van der Waals surface area contributed by atoms with Gasteiger partial charge >= 0.3 is 0 Å². The van der Waals surface area contributed by atoms with Gasteiger partial charge in [-0.25, -0.2) is 8.42 Å². The third-order valence-electron chi connectivity index (χ3n) is 5.41. The van der Waals surface area contributed by atoms with Crippen LogP contribution < -0.4 is 9.54 Å². The van der Waals surface area contributed by atoms with E-state index in [1.807, 2.05) is 29.8 Å². The smallest absolute Gasteiger partial charge is 0.252 e. The van der Waals surface area contributed by atoms with Crippen LogP contribution in [0.4, 0.5) is 0 Å². The molecule has 1 atom stereocenters. The normalized spacial score (nSPS) is 18.4. The summed E-state index contributed by atoms with van der Waals surface area (Å²) in [5, 5.41) is 0. The molecule has 0 spiro atoms. The highest BCUT2D eigenvalue weighted by molar-refractivity contribution is 9.10. The van der Waals surface area contributed by atoms with E-state index in [1.54, 1.807) is 12.1 Å². The number of thiazole rings is 1. The summed E-state index contributed by atoms with van der Waals surface area (Å²) in [5.41, 5.74) is 0.993. The van der Waals surface area contributed by atoms with E-state index in [9.17, 15) is 13.2 Å². The Balaban J connectivity index is 1.57. The van der Waals surface area contributed by atoms with Crippen LogP contribution in [0.3, 0.4) is 0 Å². The van der Waals surface area contributed by atoms with Crippen molar-refractivity contribution in [2.75, 3.05) is 20.2 Å². The lowest BCUT2D eigenvalue weighted by Crippen LogP contribution is -2.42. The predicted octanol–water partition coefficient (Wildman–Crippen LogP) is 3.54. The average molecular weight is 524 g/mol. The first-order valence-electron chi connectivity index (χ1n) is 9.77. The highest BCUT2D eigenvalue weighted by Gasteiger charge is 2.33. The molecule has 10 heteroatoms. The number of sulfonamides is 1. The molecule has 0 saturated carbocycles. The number of halogens is 1. The first-order valence-corrected chi connectivity index (χ1v) is 12.8. The highest BCUT2D eigenvalue weighted by atomic mass is 79.9. The van der Waals surface area contributed by atoms with Gasteiger partial charge in [0.05, 0.1) is 28.1 Å². The van der Waals surface area contributed by atoms with Crippen LogP contribution in [-0.2, 0) is 21.9 Å². The second kappa shape index (κ2) is 8.85. The number of benzene rings is 2. The fourth-order valence-corrected chi connectivity index (χ4v) is 6.76. The van der Waals surface area contributed by atoms with Crippen molar-refractivity contribution >= 4 is 53.4 Å². The third kappa shape index (κ3) is 4.48. The van der Waals surface area contributed by atoms with Gasteiger partial charge in [0.25, 0.3) is 5.91 Å². The molecule has 4 rings (SSSR count). The van der Waals surface area contributed by atoms with Gasteiger partial charge in [0, 0.05) is 24.6 Å². The van der Waals surface area contributed by atoms with Crippen molar-refractivity contribution in [3.05, 3.63) is 51.7 Å². The minimum absolute atomic E-state index is 0.136. The van der Waals surface area contributed by atoms with Crippen molar-refractivity contribution in [3.8, 4) is 5.75 Å². The summed E-state index contributed by atoms with van der Waals surface area (Å²) in [6.07, 6.45) is 1.24. The van der Waals surface area contributed by atoms with Crippen molar-refractivity contribution < 1.29 is 17.9 Å². The van der Waals surface area contributed by atoms with Gasteiger partial charge in [-0.15, -0.1) is 0 Å². The average Bonchev–Trinajstić information content (AvgIpc) is 3.08. The van der Waals surface area contributed by atoms with Crippen molar-refractivity contribution in [1.82, 2.24) is 8.87 Å². The molecule has 31 heavy (non-hydrogen) atoms. The molecule has 1 fully saturated rings. The zero-order valence-electron chi connectivity index (χ0n) is 17.1. The van der Waals surface area contributed by atoms with Crippen molar-refractivity contribution in [1.29, 1.82) is 0 Å². The van der Waals surface area contributed by atoms with E-state index in [2.05, 4.69) is 20.9 Å². The Bertz CT molecular complexity index is 1300. The van der Waals surface area contributed by atoms with Crippen LogP contribution in [0.25, 0.3) is 10.2 Å². The number of hydrogen-bond acceptors (Lipinski definition) is 5. The molecule has 1 amide bonds. The van der Waals surface area contributed by atoms with Gasteiger partial charge in [0.15, 0.2) is 4.80 Å². The molecule has 164 valence electrons. The zero-order chi connectivity index (χ0) is 22.2. The number of rotatable bonds is 4. The van der Waals surface area contributed by atoms with Gasteiger partial charge in [0.2, 0.25) is 10.0 Å². The second-order valence-corrected chi connectivity index (χ2v) is 11.2. The molecule has 0 N–H and O–H groups in total. The number of carbonyl (C=O) groups excluding carboxylic acids is 1. The van der Waals surface area contributed by atoms with Crippen LogP contribution >= 0.6 is 27.3 Å². The fourth-order valence-electron chi connectivity index (χ4n) is 3.66. The number of nitrogens with zero attached hydrogens (tertiary/aromatic N) is 3. The molecular weight excluding hydrogens is 502 g/mol. The van der Waals surface area contributed by atoms with Gasteiger partial charge in [-0.05, 0) is 55.3 Å². The van der Waals surface area contributed by atoms with Crippen molar-refractivity contribution in [3.63, 3.8) is 0 Å². The standard InChI is InChI=1S/C21H22BrN3O4S2/c1-24-18-10-5-15(22)12-19(18)30-21(24)23-20(26)14-4-3-11-25(13-14)31(27,28)17-8-6-16(29-2)7-9-17/h5-10,12,14H,3-4,11,13H2,1-2H3. The van der Waals surface area contributed by atoms with E-state index >= 15 is 0 Å². The Morgan fingerprint density at radius 1 is 1.23 bits per heavy atom. The maximum Gasteiger partial charge on any atom is 0.252 e. The molecule has 1 unspecified atom stereocenters. The molecule has 2 aromatic carbocycles. The highest BCUT2D eigenvalue weighted by Crippen LogP contribution is 2.26. The minimum Gasteiger partial charge on any atom is -0.497 e. The Hall–Kier alpha value is -2.01. The molecule has 2 heterocycles. The number of ether oxygens (including phenoxy) is 1. The summed E-state index contributed by atoms with van der Waals surface area (Å²) in [6, 6.07) is 12.2. The molecule has 1 aromatic heterocycles. The molecule has 0 aliphatic carbocycles. The van der Waals surface area contributed by atoms with Gasteiger partial charge in [-0.3, -0.25) is 4.79 Å². The topological polar surface area (TPSA) is 81.0 Å².